The summed E-state index contributed by atoms with van der Waals surface area (Å²) in [4.78, 5) is 13.2. The molecule has 0 amide bonds. The molecule has 0 bridgehead atoms. The highest BCUT2D eigenvalue weighted by Gasteiger charge is 2.43. The van der Waals surface area contributed by atoms with Crippen LogP contribution < -0.4 is 0 Å². The summed E-state index contributed by atoms with van der Waals surface area (Å²) in [6.07, 6.45) is 10.4. The quantitative estimate of drug-likeness (QED) is 0.481. The summed E-state index contributed by atoms with van der Waals surface area (Å²) in [5.74, 6) is 1.20. The molecule has 1 aromatic rings. The summed E-state index contributed by atoms with van der Waals surface area (Å²) < 4.78 is 0.764. The van der Waals surface area contributed by atoms with Crippen LogP contribution in [0.25, 0.3) is 0 Å². The van der Waals surface area contributed by atoms with Crippen molar-refractivity contribution in [3.8, 4) is 0 Å². The number of aromatic amines is 1. The predicted octanol–water partition coefficient (Wildman–Crippen LogP) is 2.62. The number of nitrogens with zero attached hydrogens (tertiary/aromatic N) is 3. The highest BCUT2D eigenvalue weighted by Crippen LogP contribution is 2.42. The lowest BCUT2D eigenvalue weighted by Gasteiger charge is -2.46. The van der Waals surface area contributed by atoms with Crippen LogP contribution in [0, 0.1) is 0 Å². The van der Waals surface area contributed by atoms with Crippen LogP contribution in [0.2, 0.25) is 0 Å². The van der Waals surface area contributed by atoms with Gasteiger partial charge in [0.25, 0.3) is 0 Å². The molecule has 2 unspecified atom stereocenters. The van der Waals surface area contributed by atoms with E-state index in [-0.39, 0.29) is 5.54 Å². The van der Waals surface area contributed by atoms with E-state index >= 15 is 0 Å². The lowest BCUT2D eigenvalue weighted by Crippen LogP contribution is -2.55. The van der Waals surface area contributed by atoms with Gasteiger partial charge in [0.05, 0.1) is 5.54 Å². The lowest BCUT2D eigenvalue weighted by atomic mass is 9.86. The molecule has 5 heteroatoms. The largest absolute Gasteiger partial charge is 0.347 e. The van der Waals surface area contributed by atoms with Gasteiger partial charge < -0.3 is 9.88 Å². The van der Waals surface area contributed by atoms with E-state index < -0.39 is 0 Å². The number of H-pyrrole nitrogens is 1. The molecular formula is C15H25IN4. The molecule has 1 aromatic heterocycles. The van der Waals surface area contributed by atoms with Crippen molar-refractivity contribution in [2.45, 2.75) is 41.6 Å². The monoisotopic (exact) mass is 388 g/mol. The van der Waals surface area contributed by atoms with Gasteiger partial charge in [-0.05, 0) is 26.3 Å². The Kier molecular flexibility index (Phi) is 4.67. The fourth-order valence-electron chi connectivity index (χ4n) is 3.76. The number of likely N-dealkylation sites (N-methyl/N-ethyl adjacent to an activating group) is 1. The van der Waals surface area contributed by atoms with Crippen LogP contribution in [-0.4, -0.2) is 56.9 Å². The van der Waals surface area contributed by atoms with Gasteiger partial charge in [-0.3, -0.25) is 4.90 Å². The Morgan fingerprint density at radius 3 is 2.80 bits per heavy atom. The summed E-state index contributed by atoms with van der Waals surface area (Å²) in [5.41, 5.74) is 0.146. The van der Waals surface area contributed by atoms with E-state index in [4.69, 9.17) is 0 Å². The predicted molar refractivity (Wildman–Crippen MR) is 90.2 cm³/mol. The molecule has 1 aliphatic carbocycles. The molecule has 112 valence electrons. The number of piperazine rings is 1. The Hall–Kier alpha value is -0.140. The Balaban J connectivity index is 1.90. The second kappa shape index (κ2) is 6.32. The topological polar surface area (TPSA) is 35.2 Å². The molecule has 1 aliphatic heterocycles. The van der Waals surface area contributed by atoms with Crippen molar-refractivity contribution < 1.29 is 0 Å². The average molecular weight is 388 g/mol. The summed E-state index contributed by atoms with van der Waals surface area (Å²) >= 11 is 2.65. The van der Waals surface area contributed by atoms with E-state index in [1.54, 1.807) is 0 Å². The minimum atomic E-state index is 0.146. The highest BCUT2D eigenvalue weighted by atomic mass is 127. The van der Waals surface area contributed by atoms with Gasteiger partial charge in [-0.15, -0.1) is 0 Å². The van der Waals surface area contributed by atoms with E-state index in [0.29, 0.717) is 0 Å². The highest BCUT2D eigenvalue weighted by molar-refractivity contribution is 14.1. The van der Waals surface area contributed by atoms with E-state index in [0.717, 1.165) is 3.92 Å². The summed E-state index contributed by atoms with van der Waals surface area (Å²) in [5, 5.41) is 0. The molecule has 0 aromatic carbocycles. The van der Waals surface area contributed by atoms with E-state index in [2.05, 4.69) is 49.4 Å². The summed E-state index contributed by atoms with van der Waals surface area (Å²) in [7, 11) is 2.23. The van der Waals surface area contributed by atoms with Gasteiger partial charge in [0, 0.05) is 42.5 Å². The van der Waals surface area contributed by atoms with Crippen LogP contribution >= 0.6 is 22.6 Å². The first-order valence-corrected chi connectivity index (χ1v) is 9.03. The molecule has 20 heavy (non-hydrogen) atoms. The minimum absolute atomic E-state index is 0.146. The summed E-state index contributed by atoms with van der Waals surface area (Å²) in [6, 6.07) is 0. The van der Waals surface area contributed by atoms with Crippen LogP contribution in [0.1, 0.15) is 37.9 Å². The number of hydrogen-bond donors (Lipinski definition) is 1. The molecule has 1 saturated carbocycles. The zero-order valence-electron chi connectivity index (χ0n) is 12.3. The summed E-state index contributed by atoms with van der Waals surface area (Å²) in [6.45, 7) is 4.68. The van der Waals surface area contributed by atoms with Crippen molar-refractivity contribution >= 4 is 22.6 Å². The maximum Gasteiger partial charge on any atom is 0.126 e. The first kappa shape index (κ1) is 14.8. The van der Waals surface area contributed by atoms with Crippen LogP contribution in [0.5, 0.6) is 0 Å². The second-order valence-corrected chi connectivity index (χ2v) is 8.07. The van der Waals surface area contributed by atoms with Gasteiger partial charge in [-0.25, -0.2) is 4.98 Å². The third-order valence-electron chi connectivity index (χ3n) is 4.96. The Bertz CT molecular complexity index is 414. The first-order valence-electron chi connectivity index (χ1n) is 7.78. The van der Waals surface area contributed by atoms with E-state index in [1.165, 1.54) is 64.1 Å². The molecule has 0 radical (unpaired) electrons. The third-order valence-corrected chi connectivity index (χ3v) is 6.03. The van der Waals surface area contributed by atoms with Gasteiger partial charge in [0.2, 0.25) is 0 Å². The molecule has 3 rings (SSSR count). The zero-order chi connectivity index (χ0) is 14.0. The maximum absolute atomic E-state index is 4.67. The molecule has 1 N–H and O–H groups in total. The van der Waals surface area contributed by atoms with Crippen LogP contribution in [0.4, 0.5) is 0 Å². The van der Waals surface area contributed by atoms with Gasteiger partial charge in [0.15, 0.2) is 0 Å². The van der Waals surface area contributed by atoms with E-state index in [1.807, 2.05) is 12.4 Å². The fraction of sp³-hybridized carbons (Fsp3) is 0.800. The number of alkyl halides is 1. The normalized spacial score (nSPS) is 34.0. The van der Waals surface area contributed by atoms with Crippen LogP contribution in [0.3, 0.4) is 0 Å². The zero-order valence-corrected chi connectivity index (χ0v) is 14.5. The molecular weight excluding hydrogens is 363 g/mol. The molecule has 2 heterocycles. The molecule has 1 saturated heterocycles. The fourth-order valence-corrected chi connectivity index (χ4v) is 4.93. The molecule has 2 atom stereocenters. The van der Waals surface area contributed by atoms with Gasteiger partial charge >= 0.3 is 0 Å². The Morgan fingerprint density at radius 2 is 2.10 bits per heavy atom. The first-order chi connectivity index (χ1) is 9.71. The number of nitrogens with one attached hydrogen (secondary N) is 1. The standard InChI is InChI=1S/C15H25IN4/c1-19-8-10-20(11-9-19)15(14-17-6-7-18-14)5-3-2-4-13(16)12-15/h6-7,13H,2-5,8-12H2,1H3,(H,17,18). The van der Waals surface area contributed by atoms with Gasteiger partial charge in [0.1, 0.15) is 5.82 Å². The van der Waals surface area contributed by atoms with Crippen molar-refractivity contribution in [3.05, 3.63) is 18.2 Å². The maximum atomic E-state index is 4.67. The number of rotatable bonds is 2. The van der Waals surface area contributed by atoms with Crippen LogP contribution in [-0.2, 0) is 5.54 Å². The Labute approximate surface area is 135 Å². The average Bonchev–Trinajstić information content (AvgIpc) is 2.91. The van der Waals surface area contributed by atoms with Crippen molar-refractivity contribution in [1.29, 1.82) is 0 Å². The second-order valence-electron chi connectivity index (χ2n) is 6.31. The minimum Gasteiger partial charge on any atom is -0.347 e. The Morgan fingerprint density at radius 1 is 1.30 bits per heavy atom. The SMILES string of the molecule is CN1CCN(C2(c3ncc[nH]3)CCCCC(I)C2)CC1. The lowest BCUT2D eigenvalue weighted by molar-refractivity contribution is 0.0212. The van der Waals surface area contributed by atoms with Gasteiger partial charge in [-0.2, -0.15) is 0 Å². The van der Waals surface area contributed by atoms with Crippen molar-refractivity contribution in [2.75, 3.05) is 33.2 Å². The molecule has 0 spiro atoms. The number of halogens is 1. The number of aromatic nitrogens is 2. The number of imidazole rings is 1. The van der Waals surface area contributed by atoms with Crippen molar-refractivity contribution in [1.82, 2.24) is 19.8 Å². The smallest absolute Gasteiger partial charge is 0.126 e. The molecule has 4 nitrogen and oxygen atoms in total. The van der Waals surface area contributed by atoms with E-state index in [9.17, 15) is 0 Å². The molecule has 2 aliphatic rings. The van der Waals surface area contributed by atoms with Crippen molar-refractivity contribution in [2.24, 2.45) is 0 Å². The number of hydrogen-bond acceptors (Lipinski definition) is 3. The third kappa shape index (κ3) is 2.90. The van der Waals surface area contributed by atoms with Crippen molar-refractivity contribution in [3.63, 3.8) is 0 Å². The van der Waals surface area contributed by atoms with Gasteiger partial charge in [-0.1, -0.05) is 35.4 Å². The molecule has 2 fully saturated rings. The van der Waals surface area contributed by atoms with Crippen LogP contribution in [0.15, 0.2) is 12.4 Å².